The van der Waals surface area contributed by atoms with E-state index in [1.165, 1.54) is 19.1 Å². The van der Waals surface area contributed by atoms with Crippen LogP contribution in [0, 0.1) is 0 Å². The molecule has 2 atom stereocenters. The lowest BCUT2D eigenvalue weighted by Gasteiger charge is -2.17. The van der Waals surface area contributed by atoms with Gasteiger partial charge in [-0.2, -0.15) is 0 Å². The van der Waals surface area contributed by atoms with Crippen LogP contribution in [0.1, 0.15) is 18.5 Å². The monoisotopic (exact) mass is 235 g/mol. The Labute approximate surface area is 92.1 Å². The quantitative estimate of drug-likeness (QED) is 0.736. The molecule has 78 valence electrons. The van der Waals surface area contributed by atoms with Crippen LogP contribution < -0.4 is 5.73 Å². The summed E-state index contributed by atoms with van der Waals surface area (Å²) in [5.74, 6) is -0.135. The Morgan fingerprint density at radius 2 is 1.93 bits per heavy atom. The van der Waals surface area contributed by atoms with Gasteiger partial charge in [-0.3, -0.25) is 0 Å². The first-order valence-corrected chi connectivity index (χ1v) is 4.80. The van der Waals surface area contributed by atoms with Crippen LogP contribution in [0.5, 0.6) is 5.75 Å². The van der Waals surface area contributed by atoms with Crippen LogP contribution in [-0.2, 0) is 0 Å². The molecule has 0 aromatic heterocycles. The van der Waals surface area contributed by atoms with Crippen molar-refractivity contribution in [3.05, 3.63) is 27.7 Å². The van der Waals surface area contributed by atoms with Crippen molar-refractivity contribution in [1.29, 1.82) is 0 Å². The fraction of sp³-hybridized carbons (Fsp3) is 0.333. The number of phenols is 1. The maximum absolute atomic E-state index is 9.56. The van der Waals surface area contributed by atoms with E-state index >= 15 is 0 Å². The minimum Gasteiger partial charge on any atom is -0.506 e. The molecule has 0 fully saturated rings. The summed E-state index contributed by atoms with van der Waals surface area (Å²) in [4.78, 5) is 0. The van der Waals surface area contributed by atoms with Gasteiger partial charge in [-0.15, -0.1) is 0 Å². The highest BCUT2D eigenvalue weighted by atomic mass is 35.5. The minimum atomic E-state index is -0.782. The van der Waals surface area contributed by atoms with E-state index in [9.17, 15) is 10.2 Å². The standard InChI is InChI=1S/C9H11Cl2NO2/c1-4(13)8(12)6-2-5(10)3-7(11)9(6)14/h2-4,8,13-14H,12H2,1H3/t4-,8-/m1/s1. The van der Waals surface area contributed by atoms with E-state index in [0.717, 1.165) is 0 Å². The number of nitrogens with two attached hydrogens (primary N) is 1. The van der Waals surface area contributed by atoms with Gasteiger partial charge in [0.15, 0.2) is 0 Å². The molecule has 1 aromatic carbocycles. The number of halogens is 2. The zero-order chi connectivity index (χ0) is 10.9. The Morgan fingerprint density at radius 1 is 1.36 bits per heavy atom. The molecule has 4 N–H and O–H groups in total. The molecule has 0 aliphatic rings. The van der Waals surface area contributed by atoms with Gasteiger partial charge in [0.25, 0.3) is 0 Å². The van der Waals surface area contributed by atoms with Gasteiger partial charge in [0.05, 0.1) is 17.2 Å². The van der Waals surface area contributed by atoms with Crippen LogP contribution >= 0.6 is 23.2 Å². The number of rotatable bonds is 2. The highest BCUT2D eigenvalue weighted by Gasteiger charge is 2.18. The highest BCUT2D eigenvalue weighted by molar-refractivity contribution is 6.35. The molecule has 0 amide bonds. The van der Waals surface area contributed by atoms with Gasteiger partial charge in [-0.1, -0.05) is 23.2 Å². The van der Waals surface area contributed by atoms with Gasteiger partial charge in [-0.05, 0) is 19.1 Å². The highest BCUT2D eigenvalue weighted by Crippen LogP contribution is 2.34. The SMILES string of the molecule is C[C@@H](O)[C@@H](N)c1cc(Cl)cc(Cl)c1O. The zero-order valence-electron chi connectivity index (χ0n) is 7.54. The van der Waals surface area contributed by atoms with Crippen molar-refractivity contribution < 1.29 is 10.2 Å². The van der Waals surface area contributed by atoms with Crippen molar-refractivity contribution in [3.63, 3.8) is 0 Å². The Bertz CT molecular complexity index is 342. The van der Waals surface area contributed by atoms with E-state index in [1.807, 2.05) is 0 Å². The lowest BCUT2D eigenvalue weighted by Crippen LogP contribution is -2.23. The lowest BCUT2D eigenvalue weighted by atomic mass is 10.0. The van der Waals surface area contributed by atoms with E-state index in [-0.39, 0.29) is 10.8 Å². The maximum atomic E-state index is 9.56. The molecular formula is C9H11Cl2NO2. The van der Waals surface area contributed by atoms with Gasteiger partial charge in [0, 0.05) is 10.6 Å². The summed E-state index contributed by atoms with van der Waals surface area (Å²) in [5.41, 5.74) is 5.99. The van der Waals surface area contributed by atoms with E-state index in [1.54, 1.807) is 0 Å². The molecule has 1 aromatic rings. The minimum absolute atomic E-state index is 0.128. The molecule has 14 heavy (non-hydrogen) atoms. The van der Waals surface area contributed by atoms with Gasteiger partial charge < -0.3 is 15.9 Å². The fourth-order valence-corrected chi connectivity index (χ4v) is 1.61. The predicted octanol–water partition coefficient (Wildman–Crippen LogP) is 2.08. The van der Waals surface area contributed by atoms with Crippen molar-refractivity contribution in [1.82, 2.24) is 0 Å². The summed E-state index contributed by atoms with van der Waals surface area (Å²) < 4.78 is 0. The zero-order valence-corrected chi connectivity index (χ0v) is 9.05. The van der Waals surface area contributed by atoms with Gasteiger partial charge in [-0.25, -0.2) is 0 Å². The van der Waals surface area contributed by atoms with Gasteiger partial charge in [0.1, 0.15) is 5.75 Å². The van der Waals surface area contributed by atoms with E-state index in [4.69, 9.17) is 28.9 Å². The summed E-state index contributed by atoms with van der Waals surface area (Å²) >= 11 is 11.4. The third kappa shape index (κ3) is 2.30. The average Bonchev–Trinajstić information content (AvgIpc) is 2.09. The summed E-state index contributed by atoms with van der Waals surface area (Å²) in [5, 5.41) is 19.3. The molecule has 0 spiro atoms. The number of phenolic OH excluding ortho intramolecular Hbond substituents is 1. The average molecular weight is 236 g/mol. The number of hydrogen-bond donors (Lipinski definition) is 3. The van der Waals surface area contributed by atoms with E-state index < -0.39 is 12.1 Å². The number of aromatic hydroxyl groups is 1. The van der Waals surface area contributed by atoms with E-state index in [2.05, 4.69) is 0 Å². The molecule has 0 aliphatic carbocycles. The second-order valence-corrected chi connectivity index (χ2v) is 3.94. The Hall–Kier alpha value is -0.480. The topological polar surface area (TPSA) is 66.5 Å². The Morgan fingerprint density at radius 3 is 2.43 bits per heavy atom. The predicted molar refractivity (Wildman–Crippen MR) is 56.7 cm³/mol. The van der Waals surface area contributed by atoms with Crippen LogP contribution in [0.15, 0.2) is 12.1 Å². The van der Waals surface area contributed by atoms with Crippen LogP contribution in [-0.4, -0.2) is 16.3 Å². The first-order valence-electron chi connectivity index (χ1n) is 4.05. The summed E-state index contributed by atoms with van der Waals surface area (Å²) in [7, 11) is 0. The van der Waals surface area contributed by atoms with Crippen LogP contribution in [0.4, 0.5) is 0 Å². The molecule has 0 heterocycles. The third-order valence-electron chi connectivity index (χ3n) is 1.94. The molecule has 3 nitrogen and oxygen atoms in total. The summed E-state index contributed by atoms with van der Waals surface area (Å²) in [6.07, 6.45) is -0.782. The summed E-state index contributed by atoms with van der Waals surface area (Å²) in [6, 6.07) is 2.20. The first kappa shape index (κ1) is 11.6. The van der Waals surface area contributed by atoms with Crippen LogP contribution in [0.2, 0.25) is 10.0 Å². The molecule has 0 radical (unpaired) electrons. The van der Waals surface area contributed by atoms with Crippen molar-refractivity contribution in [2.75, 3.05) is 0 Å². The number of hydrogen-bond acceptors (Lipinski definition) is 3. The van der Waals surface area contributed by atoms with Crippen molar-refractivity contribution in [2.24, 2.45) is 5.73 Å². The number of aliphatic hydroxyl groups is 1. The lowest BCUT2D eigenvalue weighted by molar-refractivity contribution is 0.163. The Balaban J connectivity index is 3.20. The molecule has 0 saturated carbocycles. The van der Waals surface area contributed by atoms with Crippen molar-refractivity contribution in [2.45, 2.75) is 19.1 Å². The van der Waals surface area contributed by atoms with Gasteiger partial charge >= 0.3 is 0 Å². The molecule has 1 rings (SSSR count). The first-order chi connectivity index (χ1) is 6.43. The normalized spacial score (nSPS) is 15.2. The summed E-state index contributed by atoms with van der Waals surface area (Å²) in [6.45, 7) is 1.53. The maximum Gasteiger partial charge on any atom is 0.139 e. The number of aliphatic hydroxyl groups excluding tert-OH is 1. The number of benzene rings is 1. The largest absolute Gasteiger partial charge is 0.506 e. The second kappa shape index (κ2) is 4.36. The molecule has 5 heteroatoms. The van der Waals surface area contributed by atoms with Gasteiger partial charge in [0.2, 0.25) is 0 Å². The molecule has 0 unspecified atom stereocenters. The van der Waals surface area contributed by atoms with E-state index in [0.29, 0.717) is 10.6 Å². The van der Waals surface area contributed by atoms with Crippen LogP contribution in [0.3, 0.4) is 0 Å². The second-order valence-electron chi connectivity index (χ2n) is 3.09. The molecular weight excluding hydrogens is 225 g/mol. The fourth-order valence-electron chi connectivity index (χ4n) is 1.10. The molecule has 0 saturated heterocycles. The third-order valence-corrected chi connectivity index (χ3v) is 2.44. The molecule has 0 aliphatic heterocycles. The molecule has 0 bridgehead atoms. The smallest absolute Gasteiger partial charge is 0.139 e. The van der Waals surface area contributed by atoms with Crippen molar-refractivity contribution >= 4 is 23.2 Å². The Kier molecular flexibility index (Phi) is 3.61. The van der Waals surface area contributed by atoms with Crippen LogP contribution in [0.25, 0.3) is 0 Å². The van der Waals surface area contributed by atoms with Crippen molar-refractivity contribution in [3.8, 4) is 5.75 Å².